The highest BCUT2D eigenvalue weighted by atomic mass is 35.5. The maximum Gasteiger partial charge on any atom is 0.159 e. The topological polar surface area (TPSA) is 35.0 Å². The van der Waals surface area contributed by atoms with E-state index in [0.29, 0.717) is 17.3 Å². The van der Waals surface area contributed by atoms with Crippen molar-refractivity contribution >= 4 is 11.6 Å². The van der Waals surface area contributed by atoms with E-state index in [1.807, 2.05) is 12.4 Å². The maximum absolute atomic E-state index is 13.6. The molecule has 5 heteroatoms. The van der Waals surface area contributed by atoms with E-state index in [0.717, 1.165) is 18.9 Å². The minimum Gasteiger partial charge on any atom is -0.385 e. The van der Waals surface area contributed by atoms with Gasteiger partial charge in [0.15, 0.2) is 5.82 Å². The van der Waals surface area contributed by atoms with Gasteiger partial charge < -0.3 is 4.74 Å². The van der Waals surface area contributed by atoms with Gasteiger partial charge in [0.2, 0.25) is 0 Å². The second-order valence-corrected chi connectivity index (χ2v) is 6.88. The largest absolute Gasteiger partial charge is 0.385 e. The van der Waals surface area contributed by atoms with Gasteiger partial charge in [0, 0.05) is 31.7 Å². The molecule has 3 nitrogen and oxygen atoms in total. The van der Waals surface area contributed by atoms with Crippen LogP contribution < -0.4 is 0 Å². The lowest BCUT2D eigenvalue weighted by Crippen LogP contribution is -2.15. The molecule has 128 valence electrons. The van der Waals surface area contributed by atoms with Gasteiger partial charge in [-0.1, -0.05) is 11.6 Å². The first kappa shape index (κ1) is 17.3. The predicted octanol–water partition coefficient (Wildman–Crippen LogP) is 5.25. The van der Waals surface area contributed by atoms with Crippen LogP contribution in [0.5, 0.6) is 0 Å². The van der Waals surface area contributed by atoms with E-state index < -0.39 is 5.82 Å². The molecule has 0 unspecified atom stereocenters. The van der Waals surface area contributed by atoms with Crippen molar-refractivity contribution in [2.24, 2.45) is 5.92 Å². The van der Waals surface area contributed by atoms with Crippen LogP contribution in [0, 0.1) is 11.7 Å². The first-order chi connectivity index (χ1) is 11.7. The smallest absolute Gasteiger partial charge is 0.159 e. The minimum absolute atomic E-state index is 0.112. The van der Waals surface area contributed by atoms with Crippen LogP contribution >= 0.6 is 11.6 Å². The molecule has 2 aromatic rings. The van der Waals surface area contributed by atoms with Crippen molar-refractivity contribution in [3.05, 3.63) is 47.0 Å². The molecule has 1 saturated carbocycles. The minimum atomic E-state index is -0.448. The number of halogens is 2. The zero-order valence-electron chi connectivity index (χ0n) is 13.8. The fourth-order valence-corrected chi connectivity index (χ4v) is 3.52. The van der Waals surface area contributed by atoms with Gasteiger partial charge in [-0.3, -0.25) is 0 Å². The van der Waals surface area contributed by atoms with Gasteiger partial charge in [0.25, 0.3) is 0 Å². The van der Waals surface area contributed by atoms with Gasteiger partial charge in [-0.05, 0) is 67.7 Å². The van der Waals surface area contributed by atoms with Crippen LogP contribution in [-0.2, 0) is 4.74 Å². The van der Waals surface area contributed by atoms with Gasteiger partial charge in [-0.15, -0.1) is 0 Å². The van der Waals surface area contributed by atoms with Crippen molar-refractivity contribution < 1.29 is 9.13 Å². The Morgan fingerprint density at radius 2 is 1.88 bits per heavy atom. The van der Waals surface area contributed by atoms with Crippen LogP contribution in [0.4, 0.5) is 4.39 Å². The molecule has 3 rings (SSSR count). The molecule has 1 fully saturated rings. The highest BCUT2D eigenvalue weighted by Crippen LogP contribution is 2.36. The van der Waals surface area contributed by atoms with Gasteiger partial charge in [0.05, 0.1) is 5.02 Å². The van der Waals surface area contributed by atoms with Crippen LogP contribution in [-0.4, -0.2) is 23.7 Å². The third-order valence-electron chi connectivity index (χ3n) is 4.90. The summed E-state index contributed by atoms with van der Waals surface area (Å²) < 4.78 is 18.7. The molecule has 24 heavy (non-hydrogen) atoms. The van der Waals surface area contributed by atoms with E-state index in [1.165, 1.54) is 43.4 Å². The molecule has 1 aromatic heterocycles. The fourth-order valence-electron chi connectivity index (χ4n) is 3.40. The number of aromatic nitrogens is 2. The second-order valence-electron chi connectivity index (χ2n) is 6.47. The Kier molecular flexibility index (Phi) is 5.80. The number of rotatable bonds is 5. The van der Waals surface area contributed by atoms with Gasteiger partial charge in [-0.2, -0.15) is 0 Å². The quantitative estimate of drug-likeness (QED) is 0.740. The number of hydrogen-bond acceptors (Lipinski definition) is 3. The molecule has 0 spiro atoms. The highest BCUT2D eigenvalue weighted by molar-refractivity contribution is 6.30. The molecular weight excluding hydrogens is 327 g/mol. The zero-order chi connectivity index (χ0) is 16.9. The van der Waals surface area contributed by atoms with Crippen molar-refractivity contribution in [2.45, 2.75) is 38.0 Å². The normalized spacial score (nSPS) is 21.0. The van der Waals surface area contributed by atoms with Crippen LogP contribution in [0.3, 0.4) is 0 Å². The van der Waals surface area contributed by atoms with Crippen LogP contribution in [0.15, 0.2) is 30.6 Å². The fraction of sp³-hybridized carbons (Fsp3) is 0.474. The standard InChI is InChI=1S/C19H22ClFN2O/c1-24-9-8-13-2-4-14(5-3-13)16-11-22-19(23-12-16)15-6-7-17(20)18(21)10-15/h6-7,10-14H,2-5,8-9H2,1H3. The maximum atomic E-state index is 13.6. The summed E-state index contributed by atoms with van der Waals surface area (Å²) in [5, 5.41) is 0.112. The summed E-state index contributed by atoms with van der Waals surface area (Å²) in [6, 6.07) is 4.64. The summed E-state index contributed by atoms with van der Waals surface area (Å²) in [5.74, 6) is 1.39. The number of benzene rings is 1. The van der Waals surface area contributed by atoms with E-state index in [2.05, 4.69) is 9.97 Å². The number of methoxy groups -OCH3 is 1. The summed E-state index contributed by atoms with van der Waals surface area (Å²) >= 11 is 5.71. The molecule has 0 N–H and O–H groups in total. The summed E-state index contributed by atoms with van der Waals surface area (Å²) in [5.41, 5.74) is 1.82. The highest BCUT2D eigenvalue weighted by Gasteiger charge is 2.22. The van der Waals surface area contributed by atoms with E-state index in [4.69, 9.17) is 16.3 Å². The van der Waals surface area contributed by atoms with Crippen molar-refractivity contribution in [1.82, 2.24) is 9.97 Å². The van der Waals surface area contributed by atoms with Crippen molar-refractivity contribution in [3.8, 4) is 11.4 Å². The lowest BCUT2D eigenvalue weighted by atomic mass is 9.78. The molecule has 1 aliphatic rings. The van der Waals surface area contributed by atoms with Crippen LogP contribution in [0.1, 0.15) is 43.6 Å². The Labute approximate surface area is 147 Å². The molecule has 0 bridgehead atoms. The second kappa shape index (κ2) is 8.04. The van der Waals surface area contributed by atoms with Crippen molar-refractivity contribution in [2.75, 3.05) is 13.7 Å². The molecule has 0 saturated heterocycles. The molecule has 0 aliphatic heterocycles. The molecule has 0 atom stereocenters. The summed E-state index contributed by atoms with van der Waals surface area (Å²) in [7, 11) is 1.76. The molecule has 0 radical (unpaired) electrons. The summed E-state index contributed by atoms with van der Waals surface area (Å²) in [6.45, 7) is 0.852. The zero-order valence-corrected chi connectivity index (χ0v) is 14.6. The Balaban J connectivity index is 1.64. The van der Waals surface area contributed by atoms with Crippen molar-refractivity contribution in [3.63, 3.8) is 0 Å². The van der Waals surface area contributed by atoms with Gasteiger partial charge >= 0.3 is 0 Å². The first-order valence-electron chi connectivity index (χ1n) is 8.43. The third-order valence-corrected chi connectivity index (χ3v) is 5.20. The van der Waals surface area contributed by atoms with Gasteiger partial charge in [-0.25, -0.2) is 14.4 Å². The number of nitrogens with zero attached hydrogens (tertiary/aromatic N) is 2. The molecule has 1 aliphatic carbocycles. The number of ether oxygens (including phenoxy) is 1. The van der Waals surface area contributed by atoms with E-state index in [1.54, 1.807) is 13.2 Å². The summed E-state index contributed by atoms with van der Waals surface area (Å²) in [4.78, 5) is 8.85. The molecule has 1 aromatic carbocycles. The summed E-state index contributed by atoms with van der Waals surface area (Å²) in [6.07, 6.45) is 9.74. The van der Waals surface area contributed by atoms with Crippen LogP contribution in [0.25, 0.3) is 11.4 Å². The first-order valence-corrected chi connectivity index (χ1v) is 8.81. The van der Waals surface area contributed by atoms with E-state index in [-0.39, 0.29) is 5.02 Å². The Morgan fingerprint density at radius 1 is 1.17 bits per heavy atom. The van der Waals surface area contributed by atoms with E-state index >= 15 is 0 Å². The SMILES string of the molecule is COCCC1CCC(c2cnc(-c3ccc(Cl)c(F)c3)nc2)CC1. The van der Waals surface area contributed by atoms with E-state index in [9.17, 15) is 4.39 Å². The number of hydrogen-bond donors (Lipinski definition) is 0. The monoisotopic (exact) mass is 348 g/mol. The third kappa shape index (κ3) is 4.11. The van der Waals surface area contributed by atoms with Crippen LogP contribution in [0.2, 0.25) is 5.02 Å². The molecular formula is C19H22ClFN2O. The Hall–Kier alpha value is -1.52. The average Bonchev–Trinajstić information content (AvgIpc) is 2.63. The van der Waals surface area contributed by atoms with Crippen molar-refractivity contribution in [1.29, 1.82) is 0 Å². The Bertz CT molecular complexity index is 670. The van der Waals surface area contributed by atoms with Gasteiger partial charge in [0.1, 0.15) is 5.82 Å². The molecule has 0 amide bonds. The average molecular weight is 349 g/mol. The molecule has 1 heterocycles. The Morgan fingerprint density at radius 3 is 2.50 bits per heavy atom. The lowest BCUT2D eigenvalue weighted by Gasteiger charge is -2.28. The lowest BCUT2D eigenvalue weighted by molar-refractivity contribution is 0.163. The predicted molar refractivity (Wildman–Crippen MR) is 93.6 cm³/mol.